The molecule has 0 N–H and O–H groups in total. The smallest absolute Gasteiger partial charge is 0.0486 e. The molecule has 4 rings (SSSR count). The summed E-state index contributed by atoms with van der Waals surface area (Å²) in [4.78, 5) is 0. The van der Waals surface area contributed by atoms with Gasteiger partial charge < -0.3 is 4.57 Å². The Labute approximate surface area is 135 Å². The molecule has 112 valence electrons. The number of benzene rings is 1. The van der Waals surface area contributed by atoms with Crippen molar-refractivity contribution in [3.63, 3.8) is 0 Å². The Morgan fingerprint density at radius 3 is 2.67 bits per heavy atom. The lowest BCUT2D eigenvalue weighted by molar-refractivity contribution is 0.319. The summed E-state index contributed by atoms with van der Waals surface area (Å²) in [6, 6.07) is 6.89. The first kappa shape index (κ1) is 13.9. The largest absolute Gasteiger partial charge is 0.344 e. The van der Waals surface area contributed by atoms with E-state index in [1.807, 2.05) is 0 Å². The molecular weight excluding hydrogens is 322 g/mol. The summed E-state index contributed by atoms with van der Waals surface area (Å²) in [5, 5.41) is 1.51. The maximum absolute atomic E-state index is 3.66. The number of aromatic nitrogens is 1. The third-order valence-electron chi connectivity index (χ3n) is 5.50. The van der Waals surface area contributed by atoms with Gasteiger partial charge in [-0.3, -0.25) is 0 Å². The molecule has 0 aliphatic heterocycles. The molecule has 21 heavy (non-hydrogen) atoms. The first-order valence-electron chi connectivity index (χ1n) is 8.62. The van der Waals surface area contributed by atoms with Crippen LogP contribution in [0, 0.1) is 5.92 Å². The molecule has 2 heteroatoms. The van der Waals surface area contributed by atoms with Gasteiger partial charge >= 0.3 is 0 Å². The topological polar surface area (TPSA) is 4.93 Å². The summed E-state index contributed by atoms with van der Waals surface area (Å²) >= 11 is 3.66. The summed E-state index contributed by atoms with van der Waals surface area (Å²) in [7, 11) is 0. The predicted octanol–water partition coefficient (Wildman–Crippen LogP) is 5.86. The normalized spacial score (nSPS) is 19.9. The predicted molar refractivity (Wildman–Crippen MR) is 92.9 cm³/mol. The van der Waals surface area contributed by atoms with Crippen LogP contribution in [-0.4, -0.2) is 4.57 Å². The van der Waals surface area contributed by atoms with Crippen LogP contribution in [0.4, 0.5) is 0 Å². The lowest BCUT2D eigenvalue weighted by atomic mass is 9.89. The van der Waals surface area contributed by atoms with Gasteiger partial charge in [-0.15, -0.1) is 0 Å². The van der Waals surface area contributed by atoms with Crippen molar-refractivity contribution < 1.29 is 0 Å². The van der Waals surface area contributed by atoms with E-state index in [0.717, 1.165) is 5.92 Å². The zero-order valence-corrected chi connectivity index (χ0v) is 14.3. The van der Waals surface area contributed by atoms with Crippen molar-refractivity contribution in [3.8, 4) is 0 Å². The zero-order valence-electron chi connectivity index (χ0n) is 12.7. The minimum absolute atomic E-state index is 0.907. The van der Waals surface area contributed by atoms with Gasteiger partial charge in [0.2, 0.25) is 0 Å². The number of nitrogens with zero attached hydrogens (tertiary/aromatic N) is 1. The summed E-state index contributed by atoms with van der Waals surface area (Å²) in [5.41, 5.74) is 4.78. The van der Waals surface area contributed by atoms with Crippen LogP contribution >= 0.6 is 15.9 Å². The van der Waals surface area contributed by atoms with Gasteiger partial charge in [0.15, 0.2) is 0 Å². The Morgan fingerprint density at radius 2 is 1.81 bits per heavy atom. The third kappa shape index (κ3) is 2.56. The van der Waals surface area contributed by atoms with Gasteiger partial charge in [0.25, 0.3) is 0 Å². The Kier molecular flexibility index (Phi) is 3.83. The molecule has 1 nitrogen and oxygen atoms in total. The van der Waals surface area contributed by atoms with Crippen molar-refractivity contribution in [3.05, 3.63) is 33.9 Å². The molecule has 0 bridgehead atoms. The molecule has 2 aromatic rings. The zero-order chi connectivity index (χ0) is 14.2. The second-order valence-electron chi connectivity index (χ2n) is 6.91. The summed E-state index contributed by atoms with van der Waals surface area (Å²) in [5.74, 6) is 0.907. The molecule has 0 spiro atoms. The summed E-state index contributed by atoms with van der Waals surface area (Å²) < 4.78 is 3.91. The maximum atomic E-state index is 3.66. The van der Waals surface area contributed by atoms with Crippen LogP contribution in [0.1, 0.15) is 56.2 Å². The van der Waals surface area contributed by atoms with E-state index in [2.05, 4.69) is 38.7 Å². The number of rotatable bonds is 2. The molecular formula is C19H24BrN. The highest BCUT2D eigenvalue weighted by Crippen LogP contribution is 2.36. The molecule has 1 aromatic heterocycles. The fourth-order valence-corrected chi connectivity index (χ4v) is 4.81. The van der Waals surface area contributed by atoms with E-state index in [4.69, 9.17) is 0 Å². The van der Waals surface area contributed by atoms with Gasteiger partial charge in [-0.2, -0.15) is 0 Å². The van der Waals surface area contributed by atoms with E-state index in [1.54, 1.807) is 11.3 Å². The minimum atomic E-state index is 0.907. The standard InChI is InChI=1S/C19H24BrN/c20-15-10-11-19-17(12-15)16-8-4-5-9-18(16)21(19)13-14-6-2-1-3-7-14/h10-12,14H,1-9,13H2. The second kappa shape index (κ2) is 5.79. The monoisotopic (exact) mass is 345 g/mol. The summed E-state index contributed by atoms with van der Waals surface area (Å²) in [6.45, 7) is 1.26. The summed E-state index contributed by atoms with van der Waals surface area (Å²) in [6.07, 6.45) is 12.5. The fraction of sp³-hybridized carbons (Fsp3) is 0.579. The molecule has 0 saturated heterocycles. The highest BCUT2D eigenvalue weighted by molar-refractivity contribution is 9.10. The van der Waals surface area contributed by atoms with E-state index < -0.39 is 0 Å². The van der Waals surface area contributed by atoms with Crippen molar-refractivity contribution in [1.29, 1.82) is 0 Å². The van der Waals surface area contributed by atoms with Crippen molar-refractivity contribution >= 4 is 26.8 Å². The van der Waals surface area contributed by atoms with Gasteiger partial charge in [-0.05, 0) is 68.2 Å². The number of halogens is 1. The quantitative estimate of drug-likeness (QED) is 0.641. The number of hydrogen-bond donors (Lipinski definition) is 0. The van der Waals surface area contributed by atoms with Crippen LogP contribution in [0.3, 0.4) is 0 Å². The molecule has 0 radical (unpaired) electrons. The van der Waals surface area contributed by atoms with Crippen LogP contribution < -0.4 is 0 Å². The van der Waals surface area contributed by atoms with Gasteiger partial charge in [0.05, 0.1) is 0 Å². The number of hydrogen-bond acceptors (Lipinski definition) is 0. The molecule has 0 atom stereocenters. The maximum Gasteiger partial charge on any atom is 0.0486 e. The van der Waals surface area contributed by atoms with Crippen LogP contribution in [0.5, 0.6) is 0 Å². The Morgan fingerprint density at radius 1 is 1.00 bits per heavy atom. The van der Waals surface area contributed by atoms with Gasteiger partial charge in [-0.25, -0.2) is 0 Å². The Hall–Kier alpha value is -0.760. The lowest BCUT2D eigenvalue weighted by Crippen LogP contribution is -2.17. The van der Waals surface area contributed by atoms with E-state index in [1.165, 1.54) is 79.7 Å². The molecule has 0 unspecified atom stereocenters. The SMILES string of the molecule is Brc1ccc2c(c1)c1c(n2CC2CCCCC2)CCCC1. The molecule has 2 aliphatic carbocycles. The van der Waals surface area contributed by atoms with Gasteiger partial charge in [0, 0.05) is 27.6 Å². The first-order chi connectivity index (χ1) is 10.3. The second-order valence-corrected chi connectivity index (χ2v) is 7.82. The van der Waals surface area contributed by atoms with E-state index in [0.29, 0.717) is 0 Å². The van der Waals surface area contributed by atoms with Gasteiger partial charge in [-0.1, -0.05) is 35.2 Å². The number of fused-ring (bicyclic) bond motifs is 3. The van der Waals surface area contributed by atoms with E-state index in [9.17, 15) is 0 Å². The highest BCUT2D eigenvalue weighted by Gasteiger charge is 2.22. The van der Waals surface area contributed by atoms with Crippen molar-refractivity contribution in [2.24, 2.45) is 5.92 Å². The van der Waals surface area contributed by atoms with Crippen molar-refractivity contribution in [2.75, 3.05) is 0 Å². The Balaban J connectivity index is 1.79. The average molecular weight is 346 g/mol. The van der Waals surface area contributed by atoms with Crippen molar-refractivity contribution in [2.45, 2.75) is 64.3 Å². The molecule has 1 saturated carbocycles. The Bertz CT molecular complexity index is 649. The molecule has 1 fully saturated rings. The molecule has 0 amide bonds. The lowest BCUT2D eigenvalue weighted by Gasteiger charge is -2.24. The van der Waals surface area contributed by atoms with Gasteiger partial charge in [0.1, 0.15) is 0 Å². The van der Waals surface area contributed by atoms with Crippen LogP contribution in [0.2, 0.25) is 0 Å². The molecule has 1 heterocycles. The molecule has 1 aromatic carbocycles. The average Bonchev–Trinajstić information content (AvgIpc) is 2.82. The minimum Gasteiger partial charge on any atom is -0.344 e. The van der Waals surface area contributed by atoms with Crippen LogP contribution in [-0.2, 0) is 19.4 Å². The highest BCUT2D eigenvalue weighted by atomic mass is 79.9. The molecule has 2 aliphatic rings. The number of aryl methyl sites for hydroxylation is 1. The first-order valence-corrected chi connectivity index (χ1v) is 9.42. The van der Waals surface area contributed by atoms with Crippen LogP contribution in [0.25, 0.3) is 10.9 Å². The van der Waals surface area contributed by atoms with Crippen LogP contribution in [0.15, 0.2) is 22.7 Å². The van der Waals surface area contributed by atoms with Crippen molar-refractivity contribution in [1.82, 2.24) is 4.57 Å². The fourth-order valence-electron chi connectivity index (χ4n) is 4.44. The van der Waals surface area contributed by atoms with E-state index >= 15 is 0 Å². The third-order valence-corrected chi connectivity index (χ3v) is 6.00. The van der Waals surface area contributed by atoms with E-state index in [-0.39, 0.29) is 0 Å².